The summed E-state index contributed by atoms with van der Waals surface area (Å²) in [6, 6.07) is 6.81. The maximum atomic E-state index is 13.3. The molecule has 6 rings (SSSR count). The van der Waals surface area contributed by atoms with E-state index in [9.17, 15) is 9.59 Å². The summed E-state index contributed by atoms with van der Waals surface area (Å²) >= 11 is 0. The highest BCUT2D eigenvalue weighted by Crippen LogP contribution is 2.26. The molecule has 248 valence electrons. The number of hydrogen-bond donors (Lipinski definition) is 4. The molecule has 4 saturated heterocycles. The minimum atomic E-state index is -1.52. The van der Waals surface area contributed by atoms with Gasteiger partial charge in [-0.2, -0.15) is 0 Å². The number of hydrogen-bond acceptors (Lipinski definition) is 14. The van der Waals surface area contributed by atoms with E-state index in [1.165, 1.54) is 12.8 Å². The number of carbonyl (C=O) groups excluding carboxylic acids is 2. The zero-order valence-corrected chi connectivity index (χ0v) is 26.1. The second kappa shape index (κ2) is 15.5. The van der Waals surface area contributed by atoms with Crippen molar-refractivity contribution in [3.8, 4) is 0 Å². The molecule has 0 radical (unpaired) electrons. The molecule has 0 spiro atoms. The summed E-state index contributed by atoms with van der Waals surface area (Å²) in [5.41, 5.74) is 6.81. The van der Waals surface area contributed by atoms with Crippen LogP contribution in [-0.2, 0) is 40.4 Å². The number of ether oxygens (including phenoxy) is 2. The molecule has 4 N–H and O–H groups in total. The van der Waals surface area contributed by atoms with Gasteiger partial charge in [0.05, 0.1) is 25.3 Å². The molecule has 0 saturated carbocycles. The molecule has 0 amide bonds. The molecule has 4 atom stereocenters. The second-order valence-electron chi connectivity index (χ2n) is 12.3. The molecule has 4 aliphatic heterocycles. The van der Waals surface area contributed by atoms with E-state index < -0.39 is 23.6 Å². The van der Waals surface area contributed by atoms with Crippen LogP contribution in [0.3, 0.4) is 0 Å². The van der Waals surface area contributed by atoms with Gasteiger partial charge in [0.15, 0.2) is 0 Å². The molecule has 0 bridgehead atoms. The monoisotopic (exact) mass is 636 g/mol. The van der Waals surface area contributed by atoms with Crippen molar-refractivity contribution in [2.45, 2.75) is 62.3 Å². The molecule has 4 aliphatic rings. The lowest BCUT2D eigenvalue weighted by Gasteiger charge is -2.43. The summed E-state index contributed by atoms with van der Waals surface area (Å²) in [6.45, 7) is 6.32. The molecule has 2 aromatic heterocycles. The van der Waals surface area contributed by atoms with Crippen LogP contribution in [0.2, 0.25) is 0 Å². The molecular formula is C32H44N8O6. The number of hydroxylamine groups is 2. The zero-order chi connectivity index (χ0) is 31.7. The van der Waals surface area contributed by atoms with Gasteiger partial charge in [0, 0.05) is 61.2 Å². The number of piperidine rings is 2. The van der Waals surface area contributed by atoms with E-state index in [4.69, 9.17) is 19.1 Å². The van der Waals surface area contributed by atoms with Gasteiger partial charge >= 0.3 is 11.9 Å². The number of likely N-dealkylation sites (tertiary alicyclic amines) is 2. The fourth-order valence-electron chi connectivity index (χ4n) is 6.46. The van der Waals surface area contributed by atoms with Crippen LogP contribution in [0.25, 0.3) is 0 Å². The van der Waals surface area contributed by atoms with Crippen molar-refractivity contribution < 1.29 is 28.7 Å². The van der Waals surface area contributed by atoms with E-state index in [-0.39, 0.29) is 12.1 Å². The van der Waals surface area contributed by atoms with Gasteiger partial charge in [-0.05, 0) is 76.1 Å². The molecule has 14 nitrogen and oxygen atoms in total. The van der Waals surface area contributed by atoms with Crippen molar-refractivity contribution in [1.82, 2.24) is 41.4 Å². The van der Waals surface area contributed by atoms with E-state index >= 15 is 0 Å². The molecule has 2 aromatic rings. The van der Waals surface area contributed by atoms with Gasteiger partial charge < -0.3 is 19.3 Å². The maximum absolute atomic E-state index is 13.3. The minimum Gasteiger partial charge on any atom is -0.420 e. The van der Waals surface area contributed by atoms with Crippen LogP contribution in [0.5, 0.6) is 0 Å². The van der Waals surface area contributed by atoms with Gasteiger partial charge in [0.25, 0.3) is 11.7 Å². The van der Waals surface area contributed by atoms with Gasteiger partial charge in [0.1, 0.15) is 0 Å². The number of pyridine rings is 2. The number of rotatable bonds is 10. The molecular weight excluding hydrogens is 592 g/mol. The Kier molecular flexibility index (Phi) is 11.0. The largest absolute Gasteiger partial charge is 0.420 e. The van der Waals surface area contributed by atoms with Gasteiger partial charge in [0.2, 0.25) is 0 Å². The van der Waals surface area contributed by atoms with Gasteiger partial charge in [-0.15, -0.1) is 11.0 Å². The van der Waals surface area contributed by atoms with Gasteiger partial charge in [-0.1, -0.05) is 12.8 Å². The smallest absolute Gasteiger partial charge is 0.334 e. The molecule has 0 aromatic carbocycles. The van der Waals surface area contributed by atoms with E-state index in [1.807, 2.05) is 0 Å². The predicted molar refractivity (Wildman–Crippen MR) is 166 cm³/mol. The average Bonchev–Trinajstić information content (AvgIpc) is 3.09. The summed E-state index contributed by atoms with van der Waals surface area (Å²) in [6.07, 6.45) is 15.6. The van der Waals surface area contributed by atoms with Crippen molar-refractivity contribution in [3.63, 3.8) is 0 Å². The highest BCUT2D eigenvalue weighted by Gasteiger charge is 2.44. The van der Waals surface area contributed by atoms with Crippen LogP contribution >= 0.6 is 0 Å². The Bertz CT molecular complexity index is 1210. The van der Waals surface area contributed by atoms with Crippen molar-refractivity contribution >= 4 is 11.9 Å². The molecule has 0 aliphatic carbocycles. The minimum absolute atomic E-state index is 0.123. The summed E-state index contributed by atoms with van der Waals surface area (Å²) < 4.78 is 11.9. The summed E-state index contributed by atoms with van der Waals surface area (Å²) in [4.78, 5) is 51.2. The van der Waals surface area contributed by atoms with Crippen molar-refractivity contribution in [2.24, 2.45) is 0 Å². The first kappa shape index (κ1) is 32.6. The van der Waals surface area contributed by atoms with Gasteiger partial charge in [-0.3, -0.25) is 30.3 Å². The van der Waals surface area contributed by atoms with Crippen LogP contribution in [0, 0.1) is 0 Å². The Morgan fingerprint density at radius 2 is 1.17 bits per heavy atom. The predicted octanol–water partition coefficient (Wildman–Crippen LogP) is 0.998. The van der Waals surface area contributed by atoms with Crippen LogP contribution in [0.1, 0.15) is 49.7 Å². The molecule has 4 unspecified atom stereocenters. The summed E-state index contributed by atoms with van der Waals surface area (Å²) in [5, 5.41) is 6.84. The van der Waals surface area contributed by atoms with Crippen LogP contribution < -0.4 is 21.6 Å². The first-order valence-corrected chi connectivity index (χ1v) is 16.2. The lowest BCUT2D eigenvalue weighted by Crippen LogP contribution is -2.67. The van der Waals surface area contributed by atoms with Crippen LogP contribution in [-0.4, -0.2) is 96.3 Å². The molecule has 4 fully saturated rings. The number of carbonyl (C=O) groups is 2. The fraction of sp³-hybridized carbons (Fsp3) is 0.562. The standard InChI is InChI=1S/C32H44N8O6/c41-29(45-31(25-9-7-13-33-19-25)35-27(23-43-37-31)21-39-15-3-1-4-16-39)11-12-30(42)46-32(26-10-8-14-34-20-26)36-28(24-44-38-32)22-40-17-5-2-6-18-40/h7-14,19-20,27-28,35-38H,1-6,15-18,21-24H2/b12-11-. The number of aromatic nitrogens is 2. The Labute approximate surface area is 269 Å². The number of nitrogens with zero attached hydrogens (tertiary/aromatic N) is 4. The Hall–Kier alpha value is -3.34. The van der Waals surface area contributed by atoms with E-state index in [1.54, 1.807) is 49.1 Å². The van der Waals surface area contributed by atoms with Gasteiger partial charge in [-0.25, -0.2) is 9.59 Å². The summed E-state index contributed by atoms with van der Waals surface area (Å²) in [5.74, 6) is -4.61. The summed E-state index contributed by atoms with van der Waals surface area (Å²) in [7, 11) is 0. The Morgan fingerprint density at radius 3 is 1.57 bits per heavy atom. The third-order valence-electron chi connectivity index (χ3n) is 8.67. The van der Waals surface area contributed by atoms with E-state index in [0.29, 0.717) is 24.3 Å². The highest BCUT2D eigenvalue weighted by atomic mass is 16.7. The second-order valence-corrected chi connectivity index (χ2v) is 12.3. The Morgan fingerprint density at radius 1 is 0.739 bits per heavy atom. The number of nitrogens with one attached hydrogen (secondary N) is 4. The van der Waals surface area contributed by atoms with Crippen molar-refractivity contribution in [2.75, 3.05) is 52.5 Å². The zero-order valence-electron chi connectivity index (χ0n) is 26.1. The SMILES string of the molecule is O=C(/C=C\C(=O)OC1(c2cccnc2)NOCC(CN2CCCCC2)N1)OC1(c2cccnc2)NOCC(CN2CCCCC2)N1. The third kappa shape index (κ3) is 8.32. The van der Waals surface area contributed by atoms with E-state index in [0.717, 1.165) is 77.1 Å². The van der Waals surface area contributed by atoms with Crippen LogP contribution in [0.15, 0.2) is 61.2 Å². The Balaban J connectivity index is 1.13. The van der Waals surface area contributed by atoms with Crippen molar-refractivity contribution in [1.29, 1.82) is 0 Å². The third-order valence-corrected chi connectivity index (χ3v) is 8.67. The normalized spacial score (nSPS) is 29.7. The molecule has 6 heterocycles. The highest BCUT2D eigenvalue weighted by molar-refractivity contribution is 5.92. The first-order chi connectivity index (χ1) is 22.5. The quantitative estimate of drug-likeness (QED) is 0.217. The average molecular weight is 637 g/mol. The molecule has 46 heavy (non-hydrogen) atoms. The number of esters is 2. The fourth-order valence-corrected chi connectivity index (χ4v) is 6.46. The lowest BCUT2D eigenvalue weighted by atomic mass is 10.1. The van der Waals surface area contributed by atoms with Crippen LogP contribution in [0.4, 0.5) is 0 Å². The topological polar surface area (TPSA) is 151 Å². The van der Waals surface area contributed by atoms with Crippen molar-refractivity contribution in [3.05, 3.63) is 72.3 Å². The first-order valence-electron chi connectivity index (χ1n) is 16.2. The maximum Gasteiger partial charge on any atom is 0.334 e. The van der Waals surface area contributed by atoms with E-state index in [2.05, 4.69) is 41.4 Å². The lowest BCUT2D eigenvalue weighted by molar-refractivity contribution is -0.225. The molecule has 14 heteroatoms.